The van der Waals surface area contributed by atoms with Crippen molar-refractivity contribution in [2.45, 2.75) is 30.0 Å². The lowest BCUT2D eigenvalue weighted by Crippen LogP contribution is -2.41. The summed E-state index contributed by atoms with van der Waals surface area (Å²) in [6.07, 6.45) is 0.988. The lowest BCUT2D eigenvalue weighted by atomic mass is 10.2. The van der Waals surface area contributed by atoms with E-state index >= 15 is 0 Å². The molecule has 1 unspecified atom stereocenters. The zero-order chi connectivity index (χ0) is 15.5. The number of nitrogens with one attached hydrogen (secondary N) is 1. The molecule has 0 aliphatic carbocycles. The van der Waals surface area contributed by atoms with E-state index in [1.807, 2.05) is 18.8 Å². The first kappa shape index (κ1) is 17.1. The highest BCUT2D eigenvalue weighted by molar-refractivity contribution is 8.00. The molecule has 0 spiro atoms. The molecular formula is C14H21ClN2O2S2. The Morgan fingerprint density at radius 2 is 2.24 bits per heavy atom. The third-order valence-electron chi connectivity index (χ3n) is 3.58. The van der Waals surface area contributed by atoms with Crippen LogP contribution in [0.4, 0.5) is 0 Å². The highest BCUT2D eigenvalue weighted by Gasteiger charge is 2.30. The number of sulfonamides is 1. The highest BCUT2D eigenvalue weighted by atomic mass is 35.5. The molecule has 7 heteroatoms. The second kappa shape index (κ2) is 7.33. The maximum Gasteiger partial charge on any atom is 0.243 e. The molecule has 1 saturated heterocycles. The largest absolute Gasteiger partial charge is 0.316 e. The average Bonchev–Trinajstić information content (AvgIpc) is 2.49. The van der Waals surface area contributed by atoms with Crippen molar-refractivity contribution in [2.75, 3.05) is 25.9 Å². The Kier molecular flexibility index (Phi) is 5.96. The fourth-order valence-electron chi connectivity index (χ4n) is 2.34. The van der Waals surface area contributed by atoms with Crippen molar-refractivity contribution in [3.63, 3.8) is 0 Å². The maximum atomic E-state index is 12.8. The number of halogens is 1. The summed E-state index contributed by atoms with van der Waals surface area (Å²) in [6.45, 7) is 3.82. The Morgan fingerprint density at radius 1 is 1.48 bits per heavy atom. The monoisotopic (exact) mass is 348 g/mol. The van der Waals surface area contributed by atoms with Crippen LogP contribution in [0.5, 0.6) is 0 Å². The van der Waals surface area contributed by atoms with Gasteiger partial charge < -0.3 is 5.32 Å². The van der Waals surface area contributed by atoms with Crippen molar-refractivity contribution >= 4 is 33.4 Å². The van der Waals surface area contributed by atoms with Crippen LogP contribution in [0.3, 0.4) is 0 Å². The molecule has 1 aromatic rings. The molecule has 4 nitrogen and oxygen atoms in total. The number of rotatable bonds is 5. The lowest BCUT2D eigenvalue weighted by Gasteiger charge is -2.31. The summed E-state index contributed by atoms with van der Waals surface area (Å²) in [5.41, 5.74) is 0.804. The molecule has 2 rings (SSSR count). The molecule has 1 aliphatic rings. The van der Waals surface area contributed by atoms with Gasteiger partial charge in [0.2, 0.25) is 10.0 Å². The minimum absolute atomic E-state index is 0.332. The van der Waals surface area contributed by atoms with Crippen LogP contribution >= 0.6 is 23.4 Å². The molecule has 1 aromatic carbocycles. The number of thioether (sulfide) groups is 1. The molecule has 0 radical (unpaired) electrons. The Labute approximate surface area is 136 Å². The zero-order valence-corrected chi connectivity index (χ0v) is 14.7. The molecule has 118 valence electrons. The van der Waals surface area contributed by atoms with Gasteiger partial charge in [0.15, 0.2) is 0 Å². The summed E-state index contributed by atoms with van der Waals surface area (Å²) in [4.78, 5) is 0.332. The van der Waals surface area contributed by atoms with E-state index in [-0.39, 0.29) is 0 Å². The van der Waals surface area contributed by atoms with Crippen LogP contribution in [0.2, 0.25) is 5.02 Å². The van der Waals surface area contributed by atoms with Crippen molar-refractivity contribution in [3.8, 4) is 0 Å². The predicted molar refractivity (Wildman–Crippen MR) is 89.5 cm³/mol. The molecule has 1 N–H and O–H groups in total. The Hall–Kier alpha value is -0.270. The van der Waals surface area contributed by atoms with Gasteiger partial charge in [0.25, 0.3) is 0 Å². The molecule has 0 amide bonds. The molecular weight excluding hydrogens is 328 g/mol. The normalized spacial score (nSPS) is 20.6. The number of hydrogen-bond donors (Lipinski definition) is 1. The van der Waals surface area contributed by atoms with Gasteiger partial charge in [0.05, 0.1) is 4.90 Å². The zero-order valence-electron chi connectivity index (χ0n) is 12.3. The van der Waals surface area contributed by atoms with Gasteiger partial charge in [-0.3, -0.25) is 0 Å². The smallest absolute Gasteiger partial charge is 0.243 e. The summed E-state index contributed by atoms with van der Waals surface area (Å²) in [7, 11) is -1.62. The van der Waals surface area contributed by atoms with E-state index in [9.17, 15) is 8.42 Å². The van der Waals surface area contributed by atoms with E-state index in [1.54, 1.807) is 22.5 Å². The van der Waals surface area contributed by atoms with Crippen molar-refractivity contribution in [3.05, 3.63) is 28.8 Å². The summed E-state index contributed by atoms with van der Waals surface area (Å²) in [5.74, 6) is 0.856. The topological polar surface area (TPSA) is 49.4 Å². The Bertz CT molecular complexity index is 593. The van der Waals surface area contributed by atoms with Gasteiger partial charge in [-0.05, 0) is 37.2 Å². The van der Waals surface area contributed by atoms with E-state index in [1.165, 1.54) is 0 Å². The van der Waals surface area contributed by atoms with Crippen LogP contribution < -0.4 is 5.32 Å². The van der Waals surface area contributed by atoms with Gasteiger partial charge in [0, 0.05) is 35.7 Å². The van der Waals surface area contributed by atoms with E-state index in [4.69, 9.17) is 11.6 Å². The minimum atomic E-state index is -3.43. The third kappa shape index (κ3) is 3.93. The summed E-state index contributed by atoms with van der Waals surface area (Å²) in [5, 5.41) is 3.98. The SMILES string of the molecule is CCC1CN(S(=O)(=O)c2ccc(Cl)c(CNC)c2)CCS1. The third-order valence-corrected chi connectivity index (χ3v) is 7.18. The fraction of sp³-hybridized carbons (Fsp3) is 0.571. The highest BCUT2D eigenvalue weighted by Crippen LogP contribution is 2.28. The van der Waals surface area contributed by atoms with E-state index < -0.39 is 10.0 Å². The molecule has 0 bridgehead atoms. The summed E-state index contributed by atoms with van der Waals surface area (Å²) >= 11 is 7.96. The van der Waals surface area contributed by atoms with Gasteiger partial charge in [-0.1, -0.05) is 18.5 Å². The van der Waals surface area contributed by atoms with Gasteiger partial charge in [-0.15, -0.1) is 0 Å². The quantitative estimate of drug-likeness (QED) is 0.888. The second-order valence-electron chi connectivity index (χ2n) is 5.05. The van der Waals surface area contributed by atoms with Crippen LogP contribution in [-0.4, -0.2) is 43.9 Å². The number of hydrogen-bond acceptors (Lipinski definition) is 4. The van der Waals surface area contributed by atoms with Crippen molar-refractivity contribution in [1.82, 2.24) is 9.62 Å². The molecule has 1 atom stereocenters. The second-order valence-corrected chi connectivity index (χ2v) is 8.80. The maximum absolute atomic E-state index is 12.8. The summed E-state index contributed by atoms with van der Waals surface area (Å²) in [6, 6.07) is 4.94. The van der Waals surface area contributed by atoms with Crippen molar-refractivity contribution in [1.29, 1.82) is 0 Å². The van der Waals surface area contributed by atoms with Crippen LogP contribution in [-0.2, 0) is 16.6 Å². The van der Waals surface area contributed by atoms with E-state index in [0.717, 1.165) is 17.7 Å². The van der Waals surface area contributed by atoms with E-state index in [2.05, 4.69) is 12.2 Å². The molecule has 21 heavy (non-hydrogen) atoms. The molecule has 0 saturated carbocycles. The fourth-order valence-corrected chi connectivity index (χ4v) is 5.46. The number of nitrogens with zero attached hydrogens (tertiary/aromatic N) is 1. The van der Waals surface area contributed by atoms with E-state index in [0.29, 0.717) is 34.8 Å². The predicted octanol–water partition coefficient (Wildman–Crippen LogP) is 2.58. The van der Waals surface area contributed by atoms with Gasteiger partial charge in [-0.25, -0.2) is 8.42 Å². The van der Waals surface area contributed by atoms with Gasteiger partial charge >= 0.3 is 0 Å². The van der Waals surface area contributed by atoms with Crippen LogP contribution in [0.25, 0.3) is 0 Å². The number of benzene rings is 1. The standard InChI is InChI=1S/C14H21ClN2O2S2/c1-3-12-10-17(6-7-20-12)21(18,19)13-4-5-14(15)11(8-13)9-16-2/h4-5,8,12,16H,3,6-7,9-10H2,1-2H3. The summed E-state index contributed by atoms with van der Waals surface area (Å²) < 4.78 is 27.1. The van der Waals surface area contributed by atoms with Crippen LogP contribution in [0, 0.1) is 0 Å². The average molecular weight is 349 g/mol. The molecule has 1 heterocycles. The first-order chi connectivity index (χ1) is 9.98. The van der Waals surface area contributed by atoms with Crippen LogP contribution in [0.15, 0.2) is 23.1 Å². The van der Waals surface area contributed by atoms with Gasteiger partial charge in [-0.2, -0.15) is 16.1 Å². The molecule has 1 fully saturated rings. The van der Waals surface area contributed by atoms with Crippen molar-refractivity contribution < 1.29 is 8.42 Å². The van der Waals surface area contributed by atoms with Crippen molar-refractivity contribution in [2.24, 2.45) is 0 Å². The minimum Gasteiger partial charge on any atom is -0.316 e. The Balaban J connectivity index is 2.28. The van der Waals surface area contributed by atoms with Gasteiger partial charge in [0.1, 0.15) is 0 Å². The van der Waals surface area contributed by atoms with Crippen LogP contribution in [0.1, 0.15) is 18.9 Å². The first-order valence-electron chi connectivity index (χ1n) is 7.03. The first-order valence-corrected chi connectivity index (χ1v) is 9.90. The molecule has 0 aromatic heterocycles. The molecule has 1 aliphatic heterocycles. The lowest BCUT2D eigenvalue weighted by molar-refractivity contribution is 0.416. The Morgan fingerprint density at radius 3 is 2.90 bits per heavy atom.